The van der Waals surface area contributed by atoms with E-state index < -0.39 is 0 Å². The summed E-state index contributed by atoms with van der Waals surface area (Å²) in [4.78, 5) is 17.5. The van der Waals surface area contributed by atoms with Gasteiger partial charge in [-0.15, -0.1) is 24.0 Å². The molecule has 1 aromatic rings. The minimum Gasteiger partial charge on any atom is -0.357 e. The second-order valence-electron chi connectivity index (χ2n) is 6.41. The van der Waals surface area contributed by atoms with Crippen molar-refractivity contribution in [2.24, 2.45) is 4.99 Å². The number of carbonyl (C=O) groups excluding carboxylic acids is 1. The average Bonchev–Trinajstić information content (AvgIpc) is 2.56. The highest BCUT2D eigenvalue weighted by atomic mass is 127. The topological polar surface area (TPSA) is 56.7 Å². The van der Waals surface area contributed by atoms with Crippen molar-refractivity contribution in [3.63, 3.8) is 0 Å². The number of aryl methyl sites for hydroxylation is 1. The Morgan fingerprint density at radius 1 is 1.16 bits per heavy atom. The molecule has 0 saturated heterocycles. The van der Waals surface area contributed by atoms with E-state index in [1.165, 1.54) is 11.1 Å². The zero-order valence-electron chi connectivity index (χ0n) is 16.1. The van der Waals surface area contributed by atoms with Crippen LogP contribution in [0.5, 0.6) is 0 Å². The molecule has 5 nitrogen and oxygen atoms in total. The Bertz CT molecular complexity index is 527. The van der Waals surface area contributed by atoms with Crippen LogP contribution in [0.4, 0.5) is 0 Å². The van der Waals surface area contributed by atoms with Gasteiger partial charge in [-0.25, -0.2) is 4.99 Å². The third-order valence-electron chi connectivity index (χ3n) is 3.80. The Labute approximate surface area is 169 Å². The van der Waals surface area contributed by atoms with Crippen molar-refractivity contribution in [1.29, 1.82) is 0 Å². The van der Waals surface area contributed by atoms with Gasteiger partial charge in [0.15, 0.2) is 5.96 Å². The van der Waals surface area contributed by atoms with Gasteiger partial charge in [0, 0.05) is 27.2 Å². The third-order valence-corrected chi connectivity index (χ3v) is 3.80. The molecule has 25 heavy (non-hydrogen) atoms. The van der Waals surface area contributed by atoms with Crippen LogP contribution in [0.15, 0.2) is 29.3 Å². The van der Waals surface area contributed by atoms with Gasteiger partial charge in [-0.1, -0.05) is 38.1 Å². The van der Waals surface area contributed by atoms with Crippen molar-refractivity contribution < 1.29 is 4.79 Å². The van der Waals surface area contributed by atoms with Crippen LogP contribution < -0.4 is 10.6 Å². The standard InChI is InChI=1S/C19H32N4O.HI/c1-6-20-19(22-14-18(24)23(4)5)21-13-7-8-16-9-11-17(12-10-16)15(2)3;/h9-12,15H,6-8,13-14H2,1-5H3,(H2,20,21,22);1H. The fourth-order valence-electron chi connectivity index (χ4n) is 2.20. The summed E-state index contributed by atoms with van der Waals surface area (Å²) >= 11 is 0. The minimum atomic E-state index is -0.00237. The van der Waals surface area contributed by atoms with Crippen molar-refractivity contribution in [3.05, 3.63) is 35.4 Å². The van der Waals surface area contributed by atoms with E-state index in [1.54, 1.807) is 19.0 Å². The Balaban J connectivity index is 0.00000576. The number of hydrogen-bond acceptors (Lipinski definition) is 2. The first-order chi connectivity index (χ1) is 11.4. The van der Waals surface area contributed by atoms with Gasteiger partial charge < -0.3 is 15.5 Å². The van der Waals surface area contributed by atoms with Gasteiger partial charge in [0.25, 0.3) is 0 Å². The van der Waals surface area contributed by atoms with Crippen LogP contribution in [0.25, 0.3) is 0 Å². The predicted octanol–water partition coefficient (Wildman–Crippen LogP) is 3.00. The lowest BCUT2D eigenvalue weighted by molar-refractivity contribution is -0.127. The Morgan fingerprint density at radius 2 is 1.80 bits per heavy atom. The monoisotopic (exact) mass is 460 g/mol. The molecule has 0 spiro atoms. The zero-order valence-corrected chi connectivity index (χ0v) is 18.5. The summed E-state index contributed by atoms with van der Waals surface area (Å²) < 4.78 is 0. The molecule has 0 radical (unpaired) electrons. The van der Waals surface area contributed by atoms with E-state index in [-0.39, 0.29) is 36.4 Å². The maximum absolute atomic E-state index is 11.6. The molecule has 0 atom stereocenters. The summed E-state index contributed by atoms with van der Waals surface area (Å²) in [6, 6.07) is 8.85. The van der Waals surface area contributed by atoms with E-state index in [1.807, 2.05) is 6.92 Å². The number of likely N-dealkylation sites (N-methyl/N-ethyl adjacent to an activating group) is 1. The van der Waals surface area contributed by atoms with Crippen LogP contribution in [0.3, 0.4) is 0 Å². The number of nitrogens with zero attached hydrogens (tertiary/aromatic N) is 2. The number of hydrogen-bond donors (Lipinski definition) is 2. The number of benzene rings is 1. The van der Waals surface area contributed by atoms with E-state index >= 15 is 0 Å². The Morgan fingerprint density at radius 3 is 2.32 bits per heavy atom. The lowest BCUT2D eigenvalue weighted by atomic mass is 10.0. The summed E-state index contributed by atoms with van der Waals surface area (Å²) in [6.45, 7) is 8.20. The van der Waals surface area contributed by atoms with Gasteiger partial charge in [-0.3, -0.25) is 4.79 Å². The smallest absolute Gasteiger partial charge is 0.243 e. The molecule has 0 unspecified atom stereocenters. The number of carbonyl (C=O) groups is 1. The van der Waals surface area contributed by atoms with Gasteiger partial charge in [0.2, 0.25) is 5.91 Å². The largest absolute Gasteiger partial charge is 0.357 e. The molecular weight excluding hydrogens is 427 g/mol. The zero-order chi connectivity index (χ0) is 17.9. The summed E-state index contributed by atoms with van der Waals surface area (Å²) in [7, 11) is 3.48. The highest BCUT2D eigenvalue weighted by Crippen LogP contribution is 2.15. The molecule has 6 heteroatoms. The molecule has 1 aromatic carbocycles. The molecule has 142 valence electrons. The molecule has 1 rings (SSSR count). The van der Waals surface area contributed by atoms with Crippen molar-refractivity contribution >= 4 is 35.8 Å². The van der Waals surface area contributed by atoms with Crippen LogP contribution in [0.2, 0.25) is 0 Å². The average molecular weight is 460 g/mol. The molecule has 0 aliphatic rings. The third kappa shape index (κ3) is 9.67. The summed E-state index contributed by atoms with van der Waals surface area (Å²) in [5, 5.41) is 6.45. The molecule has 0 aliphatic carbocycles. The van der Waals surface area contributed by atoms with Crippen molar-refractivity contribution in [2.45, 2.75) is 39.5 Å². The van der Waals surface area contributed by atoms with Gasteiger partial charge in [-0.05, 0) is 36.8 Å². The molecule has 0 saturated carbocycles. The first-order valence-corrected chi connectivity index (χ1v) is 8.75. The highest BCUT2D eigenvalue weighted by molar-refractivity contribution is 14.0. The maximum Gasteiger partial charge on any atom is 0.243 e. The van der Waals surface area contributed by atoms with Gasteiger partial charge in [-0.2, -0.15) is 0 Å². The SMILES string of the molecule is CCNC(=NCC(=O)N(C)C)NCCCc1ccc(C(C)C)cc1.I. The van der Waals surface area contributed by atoms with Crippen LogP contribution >= 0.6 is 24.0 Å². The Kier molecular flexibility index (Phi) is 12.3. The van der Waals surface area contributed by atoms with Crippen molar-refractivity contribution in [1.82, 2.24) is 15.5 Å². The number of rotatable bonds is 8. The van der Waals surface area contributed by atoms with Gasteiger partial charge >= 0.3 is 0 Å². The number of amides is 1. The molecule has 2 N–H and O–H groups in total. The summed E-state index contributed by atoms with van der Waals surface area (Å²) in [6.07, 6.45) is 2.05. The highest BCUT2D eigenvalue weighted by Gasteiger charge is 2.04. The van der Waals surface area contributed by atoms with Crippen LogP contribution in [-0.2, 0) is 11.2 Å². The summed E-state index contributed by atoms with van der Waals surface area (Å²) in [5.74, 6) is 1.27. The van der Waals surface area contributed by atoms with E-state index in [2.05, 4.69) is 53.7 Å². The van der Waals surface area contributed by atoms with Gasteiger partial charge in [0.1, 0.15) is 6.54 Å². The fraction of sp³-hybridized carbons (Fsp3) is 0.579. The lowest BCUT2D eigenvalue weighted by Crippen LogP contribution is -2.39. The van der Waals surface area contributed by atoms with Crippen LogP contribution in [0.1, 0.15) is 44.2 Å². The number of aliphatic imine (C=N–C) groups is 1. The second kappa shape index (κ2) is 13.0. The predicted molar refractivity (Wildman–Crippen MR) is 117 cm³/mol. The Hall–Kier alpha value is -1.31. The first-order valence-electron chi connectivity index (χ1n) is 8.75. The van der Waals surface area contributed by atoms with Gasteiger partial charge in [0.05, 0.1) is 0 Å². The molecule has 0 bridgehead atoms. The van der Waals surface area contributed by atoms with E-state index in [9.17, 15) is 4.79 Å². The molecule has 0 aromatic heterocycles. The normalized spacial score (nSPS) is 11.0. The van der Waals surface area contributed by atoms with E-state index in [4.69, 9.17) is 0 Å². The minimum absolute atomic E-state index is 0. The molecular formula is C19H33IN4O. The molecule has 1 amide bonds. The van der Waals surface area contributed by atoms with Crippen molar-refractivity contribution in [3.8, 4) is 0 Å². The van der Waals surface area contributed by atoms with Crippen molar-refractivity contribution in [2.75, 3.05) is 33.7 Å². The second-order valence-corrected chi connectivity index (χ2v) is 6.41. The fourth-order valence-corrected chi connectivity index (χ4v) is 2.20. The lowest BCUT2D eigenvalue weighted by Gasteiger charge is -2.13. The molecule has 0 aliphatic heterocycles. The number of nitrogens with one attached hydrogen (secondary N) is 2. The van der Waals surface area contributed by atoms with Crippen LogP contribution in [-0.4, -0.2) is 50.5 Å². The molecule has 0 heterocycles. The first kappa shape index (κ1) is 23.7. The maximum atomic E-state index is 11.6. The van der Waals surface area contributed by atoms with Crippen LogP contribution in [0, 0.1) is 0 Å². The number of halogens is 1. The molecule has 0 fully saturated rings. The van der Waals surface area contributed by atoms with E-state index in [0.29, 0.717) is 11.9 Å². The quantitative estimate of drug-likeness (QED) is 0.272. The summed E-state index contributed by atoms with van der Waals surface area (Å²) in [5.41, 5.74) is 2.73. The van der Waals surface area contributed by atoms with E-state index in [0.717, 1.165) is 25.9 Å². The number of guanidine groups is 1.